The highest BCUT2D eigenvalue weighted by Gasteiger charge is 2.46. The summed E-state index contributed by atoms with van der Waals surface area (Å²) in [5.74, 6) is 0.700. The van der Waals surface area contributed by atoms with Crippen molar-refractivity contribution in [3.63, 3.8) is 0 Å². The molecule has 0 spiro atoms. The zero-order valence-electron chi connectivity index (χ0n) is 15.6. The Balaban J connectivity index is 0.00000139. The van der Waals surface area contributed by atoms with Crippen LogP contribution < -0.4 is 0 Å². The van der Waals surface area contributed by atoms with Crippen LogP contribution in [0.1, 0.15) is 64.3 Å². The first kappa shape index (κ1) is 21.4. The van der Waals surface area contributed by atoms with Gasteiger partial charge in [-0.3, -0.25) is 0 Å². The average molecular weight is 370 g/mol. The van der Waals surface area contributed by atoms with E-state index in [4.69, 9.17) is 0 Å². The van der Waals surface area contributed by atoms with Crippen molar-refractivity contribution in [2.45, 2.75) is 64.0 Å². The molecule has 0 N–H and O–H groups in total. The minimum Gasteiger partial charge on any atom is -0.248 e. The molecule has 136 valence electrons. The second-order valence-electron chi connectivity index (χ2n) is 6.04. The molecule has 1 heterocycles. The quantitative estimate of drug-likeness (QED) is 0.465. The molecule has 2 rings (SSSR count). The summed E-state index contributed by atoms with van der Waals surface area (Å²) in [7, 11) is 0. The van der Waals surface area contributed by atoms with Crippen molar-refractivity contribution in [1.29, 1.82) is 0 Å². The summed E-state index contributed by atoms with van der Waals surface area (Å²) in [6.07, 6.45) is 14.9. The van der Waals surface area contributed by atoms with Gasteiger partial charge < -0.3 is 0 Å². The van der Waals surface area contributed by atoms with Gasteiger partial charge >= 0.3 is 0 Å². The Morgan fingerprint density at radius 3 is 2.58 bits per heavy atom. The molecule has 24 heavy (non-hydrogen) atoms. The van der Waals surface area contributed by atoms with Gasteiger partial charge in [0.25, 0.3) is 0 Å². The molecule has 1 aromatic rings. The maximum atomic E-state index is 13.3. The number of nitrogens with zero attached hydrogens (tertiary/aromatic N) is 1. The van der Waals surface area contributed by atoms with Crippen LogP contribution in [0.25, 0.3) is 0 Å². The summed E-state index contributed by atoms with van der Waals surface area (Å²) in [5.41, 5.74) is 0. The lowest BCUT2D eigenvalue weighted by molar-refractivity contribution is 0.236. The van der Waals surface area contributed by atoms with E-state index in [-0.39, 0.29) is 16.5 Å². The van der Waals surface area contributed by atoms with Crippen LogP contribution in [-0.4, -0.2) is 11.2 Å². The summed E-state index contributed by atoms with van der Waals surface area (Å²) in [5, 5.41) is 3.24. The molecule has 0 saturated heterocycles. The van der Waals surface area contributed by atoms with Crippen LogP contribution in [0.4, 0.5) is 4.39 Å². The molecular weight excluding hydrogens is 337 g/mol. The third kappa shape index (κ3) is 4.95. The van der Waals surface area contributed by atoms with Crippen molar-refractivity contribution in [3.05, 3.63) is 41.1 Å². The van der Waals surface area contributed by atoms with E-state index in [2.05, 4.69) is 23.2 Å². The summed E-state index contributed by atoms with van der Waals surface area (Å²) in [6.45, 7) is 9.59. The average Bonchev–Trinajstić information content (AvgIpc) is 3.16. The molecule has 4 heteroatoms. The molecular formula is C20H32FNS2. The Morgan fingerprint density at radius 2 is 2.12 bits per heavy atom. The third-order valence-corrected chi connectivity index (χ3v) is 7.36. The molecule has 0 aliphatic heterocycles. The summed E-state index contributed by atoms with van der Waals surface area (Å²) in [4.78, 5) is 4.67. The van der Waals surface area contributed by atoms with Crippen LogP contribution in [0.15, 0.2) is 36.1 Å². The molecule has 2 atom stereocenters. The van der Waals surface area contributed by atoms with Gasteiger partial charge in [0, 0.05) is 17.5 Å². The molecule has 1 saturated carbocycles. The van der Waals surface area contributed by atoms with Crippen molar-refractivity contribution in [2.24, 2.45) is 11.8 Å². The molecule has 0 bridgehead atoms. The topological polar surface area (TPSA) is 12.9 Å². The zero-order valence-corrected chi connectivity index (χ0v) is 17.2. The van der Waals surface area contributed by atoms with Crippen LogP contribution in [0.5, 0.6) is 0 Å². The fourth-order valence-corrected chi connectivity index (χ4v) is 6.29. The minimum absolute atomic E-state index is 0.0672. The Morgan fingerprint density at radius 1 is 1.46 bits per heavy atom. The highest BCUT2D eigenvalue weighted by Crippen LogP contribution is 2.54. The maximum Gasteiger partial charge on any atom is 0.109 e. The van der Waals surface area contributed by atoms with Crippen molar-refractivity contribution in [3.8, 4) is 0 Å². The van der Waals surface area contributed by atoms with E-state index in [9.17, 15) is 4.39 Å². The number of thioether (sulfide) groups is 1. The maximum absolute atomic E-state index is 13.3. The number of halogens is 1. The Hall–Kier alpha value is -0.610. The van der Waals surface area contributed by atoms with E-state index < -0.39 is 0 Å². The smallest absolute Gasteiger partial charge is 0.109 e. The highest BCUT2D eigenvalue weighted by atomic mass is 32.2. The Labute approximate surface area is 155 Å². The third-order valence-electron chi connectivity index (χ3n) is 4.80. The molecule has 1 nitrogen and oxygen atoms in total. The van der Waals surface area contributed by atoms with Gasteiger partial charge in [0.05, 0.1) is 10.6 Å². The first-order chi connectivity index (χ1) is 11.6. The van der Waals surface area contributed by atoms with Crippen molar-refractivity contribution in [1.82, 2.24) is 4.98 Å². The molecule has 0 radical (unpaired) electrons. The minimum atomic E-state index is -0.107. The second kappa shape index (κ2) is 11.1. The number of hydrogen-bond acceptors (Lipinski definition) is 3. The van der Waals surface area contributed by atoms with Crippen LogP contribution >= 0.6 is 23.1 Å². The SMILES string of the molecule is C=CC(C/C=C(\C)F)C(SC)(c1nccs1)C1CCCCC1.CC. The summed E-state index contributed by atoms with van der Waals surface area (Å²) in [6, 6.07) is 0. The molecule has 1 aromatic heterocycles. The predicted molar refractivity (Wildman–Crippen MR) is 108 cm³/mol. The van der Waals surface area contributed by atoms with Gasteiger partial charge in [0.15, 0.2) is 0 Å². The van der Waals surface area contributed by atoms with Crippen LogP contribution in [0.3, 0.4) is 0 Å². The van der Waals surface area contributed by atoms with E-state index in [1.54, 1.807) is 17.4 Å². The highest BCUT2D eigenvalue weighted by molar-refractivity contribution is 7.99. The van der Waals surface area contributed by atoms with E-state index in [0.717, 1.165) is 0 Å². The van der Waals surface area contributed by atoms with Crippen LogP contribution in [0, 0.1) is 11.8 Å². The lowest BCUT2D eigenvalue weighted by Crippen LogP contribution is -2.39. The number of rotatable bonds is 7. The van der Waals surface area contributed by atoms with Gasteiger partial charge in [-0.15, -0.1) is 17.9 Å². The van der Waals surface area contributed by atoms with Crippen molar-refractivity contribution < 1.29 is 4.39 Å². The van der Waals surface area contributed by atoms with Crippen LogP contribution in [-0.2, 0) is 4.75 Å². The predicted octanol–water partition coefficient (Wildman–Crippen LogP) is 7.37. The number of allylic oxidation sites excluding steroid dienone is 3. The lowest BCUT2D eigenvalue weighted by atomic mass is 9.72. The van der Waals surface area contributed by atoms with Gasteiger partial charge in [-0.2, -0.15) is 11.8 Å². The molecule has 0 aromatic carbocycles. The molecule has 1 fully saturated rings. The van der Waals surface area contributed by atoms with E-state index in [1.165, 1.54) is 44.0 Å². The first-order valence-corrected chi connectivity index (χ1v) is 11.2. The zero-order chi connectivity index (χ0) is 18.0. The van der Waals surface area contributed by atoms with Gasteiger partial charge in [-0.05, 0) is 38.4 Å². The first-order valence-electron chi connectivity index (χ1n) is 9.05. The fourth-order valence-electron chi connectivity index (χ4n) is 3.72. The van der Waals surface area contributed by atoms with Crippen molar-refractivity contribution in [2.75, 3.05) is 6.26 Å². The van der Waals surface area contributed by atoms with E-state index >= 15 is 0 Å². The Kier molecular flexibility index (Phi) is 9.91. The molecule has 1 aliphatic carbocycles. The van der Waals surface area contributed by atoms with Gasteiger partial charge in [0.2, 0.25) is 0 Å². The molecule has 1 aliphatic rings. The van der Waals surface area contributed by atoms with Crippen molar-refractivity contribution >= 4 is 23.1 Å². The normalized spacial score (nSPS) is 19.8. The van der Waals surface area contributed by atoms with Gasteiger partial charge in [-0.25, -0.2) is 9.37 Å². The molecule has 2 unspecified atom stereocenters. The summed E-state index contributed by atoms with van der Waals surface area (Å²) < 4.78 is 13.2. The number of aromatic nitrogens is 1. The second-order valence-corrected chi connectivity index (χ2v) is 8.02. The van der Waals surface area contributed by atoms with E-state index in [0.29, 0.717) is 12.3 Å². The molecule has 0 amide bonds. The van der Waals surface area contributed by atoms with Crippen LogP contribution in [0.2, 0.25) is 0 Å². The fraction of sp³-hybridized carbons (Fsp3) is 0.650. The monoisotopic (exact) mass is 369 g/mol. The summed E-state index contributed by atoms with van der Waals surface area (Å²) >= 11 is 3.62. The van der Waals surface area contributed by atoms with E-state index in [1.807, 2.05) is 37.9 Å². The largest absolute Gasteiger partial charge is 0.248 e. The van der Waals surface area contributed by atoms with Gasteiger partial charge in [0.1, 0.15) is 5.01 Å². The van der Waals surface area contributed by atoms with Gasteiger partial charge in [-0.1, -0.05) is 45.3 Å². The number of thiazole rings is 1. The Bertz CT molecular complexity index is 488. The standard InChI is InChI=1S/C18H26FNS2.C2H6/c1-4-15(11-10-14(2)19)18(21-3,17-20-12-13-22-17)16-8-6-5-7-9-16;1-2/h4,10,12-13,15-16H,1,5-9,11H2,2-3H3;1-2H3/b14-10+;. The lowest BCUT2D eigenvalue weighted by Gasteiger charge is -2.44. The number of hydrogen-bond donors (Lipinski definition) is 0.